The summed E-state index contributed by atoms with van der Waals surface area (Å²) >= 11 is 0. The van der Waals surface area contributed by atoms with Crippen LogP contribution in [0.3, 0.4) is 0 Å². The van der Waals surface area contributed by atoms with Crippen LogP contribution in [0.5, 0.6) is 5.75 Å². The summed E-state index contributed by atoms with van der Waals surface area (Å²) in [5.74, 6) is -1.94. The Balaban J connectivity index is 0.000000167. The van der Waals surface area contributed by atoms with Crippen molar-refractivity contribution in [3.63, 3.8) is 0 Å². The van der Waals surface area contributed by atoms with Gasteiger partial charge in [0.25, 0.3) is 0 Å². The highest BCUT2D eigenvalue weighted by atomic mass is 16.8. The summed E-state index contributed by atoms with van der Waals surface area (Å²) in [4.78, 5) is 12.0. The second-order valence-electron chi connectivity index (χ2n) is 15.7. The maximum absolute atomic E-state index is 12.0. The van der Waals surface area contributed by atoms with Crippen LogP contribution in [0, 0.1) is 47.3 Å². The SMILES string of the molecule is C[C@@H]1CCC2[C@@H](C)C(=O)O[C@@H]3O[C@](C)(O)CCC1[C@@]23O.C[C@H]1C(Oc2ccccc2)O[C@@H]2O[C@](C)(O)CCC3[C@H](C)CCC1[C@]32O. The monoisotopic (exact) mass is 646 g/mol. The molecule has 6 aliphatic rings. The average Bonchev–Trinajstić information content (AvgIpc) is 3.16. The molecule has 0 aromatic heterocycles. The van der Waals surface area contributed by atoms with Gasteiger partial charge in [-0.15, -0.1) is 0 Å². The summed E-state index contributed by atoms with van der Waals surface area (Å²) < 4.78 is 29.1. The third-order valence-electron chi connectivity index (χ3n) is 12.4. The Morgan fingerprint density at radius 3 is 1.80 bits per heavy atom. The average molecular weight is 647 g/mol. The lowest BCUT2D eigenvalue weighted by molar-refractivity contribution is -0.398. The number of hydrogen-bond acceptors (Lipinski definition) is 10. The van der Waals surface area contributed by atoms with Gasteiger partial charge in [0.2, 0.25) is 12.6 Å². The van der Waals surface area contributed by atoms with Crippen LogP contribution >= 0.6 is 0 Å². The number of aliphatic hydroxyl groups is 4. The van der Waals surface area contributed by atoms with Gasteiger partial charge in [0.15, 0.2) is 17.9 Å². The van der Waals surface area contributed by atoms with E-state index in [0.29, 0.717) is 31.1 Å². The van der Waals surface area contributed by atoms with Gasteiger partial charge < -0.3 is 44.1 Å². The van der Waals surface area contributed by atoms with Gasteiger partial charge in [-0.2, -0.15) is 0 Å². The van der Waals surface area contributed by atoms with Crippen LogP contribution in [-0.2, 0) is 23.7 Å². The first-order valence-electron chi connectivity index (χ1n) is 17.4. The predicted octanol–water partition coefficient (Wildman–Crippen LogP) is 4.71. The lowest BCUT2D eigenvalue weighted by Crippen LogP contribution is -2.67. The Morgan fingerprint density at radius 1 is 0.696 bits per heavy atom. The van der Waals surface area contributed by atoms with Crippen LogP contribution in [0.1, 0.15) is 92.9 Å². The second-order valence-corrected chi connectivity index (χ2v) is 15.7. The van der Waals surface area contributed by atoms with Gasteiger partial charge in [-0.1, -0.05) is 45.9 Å². The van der Waals surface area contributed by atoms with Gasteiger partial charge in [0, 0.05) is 30.6 Å². The summed E-state index contributed by atoms with van der Waals surface area (Å²) in [6.07, 6.45) is 3.66. The molecule has 258 valence electrons. The third-order valence-corrected chi connectivity index (χ3v) is 12.4. The quantitative estimate of drug-likeness (QED) is 0.334. The van der Waals surface area contributed by atoms with E-state index in [0.717, 1.165) is 37.9 Å². The molecule has 10 heteroatoms. The van der Waals surface area contributed by atoms with Crippen molar-refractivity contribution < 1.29 is 48.9 Å². The molecular formula is C36H54O10. The number of esters is 1. The van der Waals surface area contributed by atoms with Gasteiger partial charge in [-0.25, -0.2) is 0 Å². The minimum absolute atomic E-state index is 0.00391. The van der Waals surface area contributed by atoms with E-state index in [4.69, 9.17) is 23.7 Å². The van der Waals surface area contributed by atoms with E-state index >= 15 is 0 Å². The van der Waals surface area contributed by atoms with Crippen molar-refractivity contribution in [1.82, 2.24) is 0 Å². The molecule has 1 aromatic rings. The van der Waals surface area contributed by atoms with Crippen molar-refractivity contribution in [2.24, 2.45) is 47.3 Å². The Kier molecular flexibility index (Phi) is 9.09. The molecule has 1 aromatic carbocycles. The fourth-order valence-corrected chi connectivity index (χ4v) is 9.73. The van der Waals surface area contributed by atoms with Crippen molar-refractivity contribution in [3.05, 3.63) is 30.3 Å². The lowest BCUT2D eigenvalue weighted by Gasteiger charge is -2.57. The van der Waals surface area contributed by atoms with Crippen molar-refractivity contribution in [3.8, 4) is 5.75 Å². The number of carbonyl (C=O) groups is 1. The standard InChI is InChI=1S/C21H30O5.C15H24O5/c1-13-9-10-17-14(2)18(24-15-7-5-4-6-8-15)25-19-21(17,23)16(13)11-12-20(3,22)26-19;1-8-4-5-11-9(2)12(16)19-13-15(11,18)10(8)6-7-14(3,17)20-13/h4-8,13-14,16-19,22-23H,9-12H2,1-3H3;8-11,13,17-18H,4-7H2,1-3H3/t13-,14-,16?,17?,18?,19-,20+,21-;8-,9-,10?,11?,13-,14+,15-/m11/s1. The lowest BCUT2D eigenvalue weighted by atomic mass is 9.58. The molecule has 4 N–H and O–H groups in total. The van der Waals surface area contributed by atoms with Gasteiger partial charge >= 0.3 is 5.97 Å². The van der Waals surface area contributed by atoms with Crippen LogP contribution in [0.15, 0.2) is 30.3 Å². The number of para-hydroxylation sites is 1. The Hall–Kier alpha value is -1.79. The van der Waals surface area contributed by atoms with E-state index in [9.17, 15) is 25.2 Å². The molecule has 0 bridgehead atoms. The molecule has 46 heavy (non-hydrogen) atoms. The molecule has 4 heterocycles. The van der Waals surface area contributed by atoms with Gasteiger partial charge in [-0.3, -0.25) is 4.79 Å². The van der Waals surface area contributed by atoms with Crippen molar-refractivity contribution in [1.29, 1.82) is 0 Å². The minimum Gasteiger partial charge on any atom is -0.465 e. The number of benzene rings is 1. The number of hydrogen-bond donors (Lipinski definition) is 4. The fourth-order valence-electron chi connectivity index (χ4n) is 9.73. The molecular weight excluding hydrogens is 592 g/mol. The molecule has 2 aliphatic carbocycles. The smallest absolute Gasteiger partial charge is 0.311 e. The molecule has 4 aliphatic heterocycles. The molecule has 2 saturated carbocycles. The molecule has 0 spiro atoms. The number of ether oxygens (including phenoxy) is 5. The van der Waals surface area contributed by atoms with Crippen LogP contribution in [0.4, 0.5) is 0 Å². The highest BCUT2D eigenvalue weighted by Crippen LogP contribution is 2.56. The van der Waals surface area contributed by atoms with E-state index in [-0.39, 0.29) is 41.5 Å². The molecule has 15 atom stereocenters. The Morgan fingerprint density at radius 2 is 1.22 bits per heavy atom. The fraction of sp³-hybridized carbons (Fsp3) is 0.806. The Labute approximate surface area is 272 Å². The first-order chi connectivity index (χ1) is 21.6. The highest BCUT2D eigenvalue weighted by Gasteiger charge is 2.65. The van der Waals surface area contributed by atoms with Gasteiger partial charge in [-0.05, 0) is 88.2 Å². The van der Waals surface area contributed by atoms with Gasteiger partial charge in [0.1, 0.15) is 17.0 Å². The summed E-state index contributed by atoms with van der Waals surface area (Å²) in [5, 5.41) is 44.0. The highest BCUT2D eigenvalue weighted by molar-refractivity contribution is 5.74. The van der Waals surface area contributed by atoms with E-state index in [1.165, 1.54) is 0 Å². The molecule has 0 radical (unpaired) electrons. The van der Waals surface area contributed by atoms with E-state index in [2.05, 4.69) is 20.8 Å². The topological polar surface area (TPSA) is 144 Å². The van der Waals surface area contributed by atoms with E-state index in [1.54, 1.807) is 13.8 Å². The first-order valence-corrected chi connectivity index (χ1v) is 17.4. The van der Waals surface area contributed by atoms with Crippen molar-refractivity contribution in [2.45, 2.75) is 135 Å². The maximum atomic E-state index is 12.0. The largest absolute Gasteiger partial charge is 0.465 e. The van der Waals surface area contributed by atoms with E-state index in [1.807, 2.05) is 37.3 Å². The number of rotatable bonds is 2. The molecule has 10 nitrogen and oxygen atoms in total. The normalized spacial score (nSPS) is 51.5. The summed E-state index contributed by atoms with van der Waals surface area (Å²) in [7, 11) is 0. The second kappa shape index (κ2) is 12.3. The van der Waals surface area contributed by atoms with Crippen molar-refractivity contribution >= 4 is 5.97 Å². The third kappa shape index (κ3) is 5.90. The van der Waals surface area contributed by atoms with Crippen LogP contribution in [0.2, 0.25) is 0 Å². The summed E-state index contributed by atoms with van der Waals surface area (Å²) in [6, 6.07) is 9.57. The van der Waals surface area contributed by atoms with Gasteiger partial charge in [0.05, 0.1) is 5.92 Å². The molecule has 4 saturated heterocycles. The zero-order valence-electron chi connectivity index (χ0n) is 28.1. The number of carbonyl (C=O) groups excluding carboxylic acids is 1. The molecule has 5 unspecified atom stereocenters. The summed E-state index contributed by atoms with van der Waals surface area (Å²) in [5.41, 5.74) is -2.26. The maximum Gasteiger partial charge on any atom is 0.311 e. The zero-order valence-corrected chi connectivity index (χ0v) is 28.1. The zero-order chi connectivity index (χ0) is 33.2. The first kappa shape index (κ1) is 34.1. The summed E-state index contributed by atoms with van der Waals surface area (Å²) in [6.45, 7) is 11.4. The Bertz CT molecular complexity index is 1240. The molecule has 7 rings (SSSR count). The molecule has 0 amide bonds. The predicted molar refractivity (Wildman–Crippen MR) is 166 cm³/mol. The minimum atomic E-state index is -1.36. The van der Waals surface area contributed by atoms with Crippen LogP contribution < -0.4 is 4.74 Å². The molecule has 6 fully saturated rings. The van der Waals surface area contributed by atoms with Crippen LogP contribution in [-0.4, -0.2) is 68.0 Å². The van der Waals surface area contributed by atoms with Crippen LogP contribution in [0.25, 0.3) is 0 Å². The van der Waals surface area contributed by atoms with Crippen molar-refractivity contribution in [2.75, 3.05) is 0 Å². The van der Waals surface area contributed by atoms with E-state index < -0.39 is 41.6 Å².